The predicted molar refractivity (Wildman–Crippen MR) is 106 cm³/mol. The van der Waals surface area contributed by atoms with Crippen LogP contribution in [0.2, 0.25) is 0 Å². The third-order valence-electron chi connectivity index (χ3n) is 4.38. The lowest BCUT2D eigenvalue weighted by atomic mass is 10.2. The molecule has 2 aromatic heterocycles. The largest absolute Gasteiger partial charge is 0.489 e. The summed E-state index contributed by atoms with van der Waals surface area (Å²) in [7, 11) is 0. The molecule has 3 heterocycles. The molecule has 1 atom stereocenters. The maximum atomic E-state index is 12.7. The average Bonchev–Trinajstić information content (AvgIpc) is 3.32. The summed E-state index contributed by atoms with van der Waals surface area (Å²) in [5, 5.41) is 9.05. The Balaban J connectivity index is 1.49. The van der Waals surface area contributed by atoms with Crippen molar-refractivity contribution in [1.82, 2.24) is 19.7 Å². The van der Waals surface area contributed by atoms with Crippen molar-refractivity contribution in [3.63, 3.8) is 0 Å². The van der Waals surface area contributed by atoms with Crippen molar-refractivity contribution in [3.8, 4) is 5.75 Å². The number of benzene rings is 1. The first kappa shape index (κ1) is 17.5. The molecular formula is C20H20N4O2S. The highest BCUT2D eigenvalue weighted by Crippen LogP contribution is 2.38. The Kier molecular flexibility index (Phi) is 5.02. The molecule has 7 heteroatoms. The molecule has 0 amide bonds. The second-order valence-electron chi connectivity index (χ2n) is 6.31. The number of nitrogens with zero attached hydrogens (tertiary/aromatic N) is 3. The first-order chi connectivity index (χ1) is 13.2. The van der Waals surface area contributed by atoms with Crippen LogP contribution in [0.25, 0.3) is 0 Å². The molecule has 0 aliphatic carbocycles. The van der Waals surface area contributed by atoms with E-state index in [0.717, 1.165) is 17.0 Å². The zero-order valence-corrected chi connectivity index (χ0v) is 15.7. The Bertz CT molecular complexity index is 983. The van der Waals surface area contributed by atoms with Gasteiger partial charge in [-0.15, -0.1) is 0 Å². The minimum atomic E-state index is -0.121. The quantitative estimate of drug-likeness (QED) is 0.706. The van der Waals surface area contributed by atoms with E-state index in [1.54, 1.807) is 34.8 Å². The van der Waals surface area contributed by atoms with Crippen molar-refractivity contribution in [2.24, 2.45) is 0 Å². The van der Waals surface area contributed by atoms with Gasteiger partial charge in [-0.2, -0.15) is 5.10 Å². The Morgan fingerprint density at radius 2 is 2.07 bits per heavy atom. The first-order valence-corrected chi connectivity index (χ1v) is 9.61. The average molecular weight is 380 g/mol. The van der Waals surface area contributed by atoms with Gasteiger partial charge in [-0.25, -0.2) is 0 Å². The van der Waals surface area contributed by atoms with Crippen molar-refractivity contribution in [2.75, 3.05) is 0 Å². The molecule has 1 N–H and O–H groups in total. The van der Waals surface area contributed by atoms with E-state index in [0.29, 0.717) is 18.9 Å². The maximum Gasteiger partial charge on any atom is 0.256 e. The molecule has 4 rings (SSSR count). The Morgan fingerprint density at radius 1 is 1.22 bits per heavy atom. The number of hydrogen-bond acceptors (Lipinski definition) is 5. The van der Waals surface area contributed by atoms with Crippen molar-refractivity contribution in [1.29, 1.82) is 0 Å². The van der Waals surface area contributed by atoms with Gasteiger partial charge >= 0.3 is 0 Å². The zero-order valence-electron chi connectivity index (χ0n) is 14.9. The molecular weight excluding hydrogens is 360 g/mol. The molecule has 0 saturated carbocycles. The summed E-state index contributed by atoms with van der Waals surface area (Å²) in [4.78, 5) is 14.9. The normalized spacial score (nSPS) is 16.4. The number of allylic oxidation sites excluding steroid dienone is 1. The monoisotopic (exact) mass is 380 g/mol. The highest BCUT2D eigenvalue weighted by atomic mass is 32.2. The van der Waals surface area contributed by atoms with Crippen LogP contribution in [0.5, 0.6) is 5.75 Å². The molecule has 0 fully saturated rings. The van der Waals surface area contributed by atoms with Crippen LogP contribution < -0.4 is 10.3 Å². The second kappa shape index (κ2) is 7.75. The number of H-pyrrole nitrogens is 1. The van der Waals surface area contributed by atoms with Crippen molar-refractivity contribution in [3.05, 3.63) is 93.6 Å². The van der Waals surface area contributed by atoms with Gasteiger partial charge in [0.05, 0.1) is 12.2 Å². The summed E-state index contributed by atoms with van der Waals surface area (Å²) in [6.07, 6.45) is 3.53. The van der Waals surface area contributed by atoms with Crippen LogP contribution in [-0.2, 0) is 13.2 Å². The van der Waals surface area contributed by atoms with E-state index in [1.165, 1.54) is 0 Å². The highest BCUT2D eigenvalue weighted by molar-refractivity contribution is 8.02. The van der Waals surface area contributed by atoms with Gasteiger partial charge in [0.1, 0.15) is 12.4 Å². The van der Waals surface area contributed by atoms with Crippen molar-refractivity contribution in [2.45, 2.75) is 25.6 Å². The predicted octanol–water partition coefficient (Wildman–Crippen LogP) is 3.72. The van der Waals surface area contributed by atoms with Gasteiger partial charge in [0.25, 0.3) is 5.56 Å². The lowest BCUT2D eigenvalue weighted by molar-refractivity contribution is 0.259. The van der Waals surface area contributed by atoms with Crippen LogP contribution in [0.1, 0.15) is 23.7 Å². The molecule has 0 spiro atoms. The Morgan fingerprint density at radius 3 is 2.81 bits per heavy atom. The minimum Gasteiger partial charge on any atom is -0.489 e. The summed E-state index contributed by atoms with van der Waals surface area (Å²) >= 11 is 1.62. The van der Waals surface area contributed by atoms with Gasteiger partial charge in [-0.1, -0.05) is 42.1 Å². The Hall–Kier alpha value is -2.93. The number of ether oxygens (including phenoxy) is 1. The van der Waals surface area contributed by atoms with Gasteiger partial charge in [0.2, 0.25) is 0 Å². The number of aromatic amines is 1. The lowest BCUT2D eigenvalue weighted by Gasteiger charge is -2.28. The minimum absolute atomic E-state index is 0.0872. The van der Waals surface area contributed by atoms with E-state index in [-0.39, 0.29) is 11.1 Å². The molecule has 1 unspecified atom stereocenters. The first-order valence-electron chi connectivity index (χ1n) is 8.67. The molecule has 1 aromatic carbocycles. The number of rotatable bonds is 6. The fourth-order valence-corrected chi connectivity index (χ4v) is 4.08. The smallest absolute Gasteiger partial charge is 0.256 e. The van der Waals surface area contributed by atoms with Gasteiger partial charge < -0.3 is 9.64 Å². The molecule has 6 nitrogen and oxygen atoms in total. The van der Waals surface area contributed by atoms with Crippen molar-refractivity contribution < 1.29 is 4.74 Å². The van der Waals surface area contributed by atoms with Crippen LogP contribution in [-0.4, -0.2) is 19.7 Å². The molecule has 1 aliphatic rings. The van der Waals surface area contributed by atoms with Crippen LogP contribution in [0, 0.1) is 0 Å². The van der Waals surface area contributed by atoms with E-state index in [4.69, 9.17) is 4.74 Å². The number of pyridine rings is 1. The summed E-state index contributed by atoms with van der Waals surface area (Å²) in [6.45, 7) is 3.15. The fraction of sp³-hybridized carbons (Fsp3) is 0.200. The third-order valence-corrected chi connectivity index (χ3v) is 5.59. The van der Waals surface area contributed by atoms with Crippen LogP contribution in [0.15, 0.2) is 76.8 Å². The molecule has 138 valence electrons. The van der Waals surface area contributed by atoms with E-state index in [2.05, 4.69) is 20.5 Å². The summed E-state index contributed by atoms with van der Waals surface area (Å²) < 4.78 is 7.49. The van der Waals surface area contributed by atoms with E-state index in [1.807, 2.05) is 49.4 Å². The van der Waals surface area contributed by atoms with Crippen LogP contribution in [0.4, 0.5) is 0 Å². The number of hydrogen-bond donors (Lipinski definition) is 1. The van der Waals surface area contributed by atoms with Gasteiger partial charge in [0.15, 0.2) is 5.50 Å². The van der Waals surface area contributed by atoms with E-state index in [9.17, 15) is 4.79 Å². The summed E-state index contributed by atoms with van der Waals surface area (Å²) in [6, 6.07) is 15.2. The number of thioether (sulfide) groups is 1. The summed E-state index contributed by atoms with van der Waals surface area (Å²) in [5.74, 6) is 0.577. The zero-order chi connectivity index (χ0) is 18.6. The van der Waals surface area contributed by atoms with E-state index >= 15 is 0 Å². The number of nitrogens with one attached hydrogen (secondary N) is 1. The maximum absolute atomic E-state index is 12.7. The summed E-state index contributed by atoms with van der Waals surface area (Å²) in [5.41, 5.74) is 2.99. The lowest BCUT2D eigenvalue weighted by Crippen LogP contribution is -2.32. The molecule has 27 heavy (non-hydrogen) atoms. The topological polar surface area (TPSA) is 63.1 Å². The van der Waals surface area contributed by atoms with Crippen LogP contribution >= 0.6 is 11.8 Å². The molecule has 0 bridgehead atoms. The standard InChI is InChI=1S/C20H20N4O2S/c1-15-14-27-20(24(15)12-17-7-9-21-22-17)23-10-8-18(11-19(23)25)26-13-16-5-3-2-4-6-16/h2-11,14,20H,12-13H2,1H3,(H,21,22). The van der Waals surface area contributed by atoms with E-state index < -0.39 is 0 Å². The SMILES string of the molecule is CC1=CSC(n2ccc(OCc3ccccc3)cc2=O)N1Cc1ccn[nH]1. The fourth-order valence-electron chi connectivity index (χ4n) is 2.93. The second-order valence-corrected chi connectivity index (χ2v) is 7.24. The van der Waals surface area contributed by atoms with Crippen LogP contribution in [0.3, 0.4) is 0 Å². The third kappa shape index (κ3) is 3.93. The highest BCUT2D eigenvalue weighted by Gasteiger charge is 2.27. The van der Waals surface area contributed by atoms with Gasteiger partial charge in [-0.3, -0.25) is 14.5 Å². The molecule has 0 radical (unpaired) electrons. The number of aromatic nitrogens is 3. The van der Waals surface area contributed by atoms with Gasteiger partial charge in [0, 0.05) is 24.2 Å². The molecule has 3 aromatic rings. The molecule has 1 aliphatic heterocycles. The Labute approximate surface area is 161 Å². The van der Waals surface area contributed by atoms with Gasteiger partial charge in [-0.05, 0) is 30.0 Å². The molecule has 0 saturated heterocycles. The van der Waals surface area contributed by atoms with Crippen molar-refractivity contribution >= 4 is 11.8 Å².